The van der Waals surface area contributed by atoms with Crippen LogP contribution in [0.3, 0.4) is 0 Å². The Hall–Kier alpha value is -0.840. The molecular weight excluding hydrogens is 361 g/mol. The number of benzene rings is 2. The predicted octanol–water partition coefficient (Wildman–Crippen LogP) is 5.91. The van der Waals surface area contributed by atoms with Crippen molar-refractivity contribution in [2.24, 2.45) is 0 Å². The molecule has 0 aromatic heterocycles. The molecule has 0 amide bonds. The van der Waals surface area contributed by atoms with Crippen molar-refractivity contribution in [3.8, 4) is 11.5 Å². The quantitative estimate of drug-likeness (QED) is 0.483. The highest BCUT2D eigenvalue weighted by Gasteiger charge is 2.14. The summed E-state index contributed by atoms with van der Waals surface area (Å²) in [6.07, 6.45) is 0. The van der Waals surface area contributed by atoms with Crippen molar-refractivity contribution >= 4 is 39.1 Å². The van der Waals surface area contributed by atoms with Gasteiger partial charge in [0.15, 0.2) is 11.6 Å². The van der Waals surface area contributed by atoms with Gasteiger partial charge in [-0.15, -0.1) is 11.6 Å². The summed E-state index contributed by atoms with van der Waals surface area (Å²) in [5, 5.41) is -0.0506. The summed E-state index contributed by atoms with van der Waals surface area (Å²) in [5.74, 6) is -1.04. The molecule has 2 aromatic carbocycles. The van der Waals surface area contributed by atoms with Gasteiger partial charge < -0.3 is 4.74 Å². The largest absolute Gasteiger partial charge is 0.453 e. The molecule has 2 rings (SSSR count). The number of alkyl halides is 1. The molecule has 0 aliphatic rings. The Morgan fingerprint density at radius 2 is 1.89 bits per heavy atom. The van der Waals surface area contributed by atoms with Gasteiger partial charge in [0, 0.05) is 11.6 Å². The molecule has 0 saturated carbocycles. The van der Waals surface area contributed by atoms with E-state index in [-0.39, 0.29) is 22.4 Å². The normalized spacial score (nSPS) is 10.6. The highest BCUT2D eigenvalue weighted by Crippen LogP contribution is 2.36. The molecule has 0 aliphatic heterocycles. The lowest BCUT2D eigenvalue weighted by molar-refractivity contribution is 0.432. The van der Waals surface area contributed by atoms with E-state index in [1.807, 2.05) is 0 Å². The van der Waals surface area contributed by atoms with E-state index in [0.717, 1.165) is 6.07 Å². The molecule has 0 unspecified atom stereocenters. The molecule has 19 heavy (non-hydrogen) atoms. The van der Waals surface area contributed by atoms with Gasteiger partial charge in [0.1, 0.15) is 11.6 Å². The van der Waals surface area contributed by atoms with Gasteiger partial charge in [0.2, 0.25) is 0 Å². The summed E-state index contributed by atoms with van der Waals surface area (Å²) in [6, 6.07) is 6.82. The summed E-state index contributed by atoms with van der Waals surface area (Å²) in [5.41, 5.74) is 0.476. The van der Waals surface area contributed by atoms with E-state index in [1.165, 1.54) is 18.2 Å². The minimum absolute atomic E-state index is 0.0278. The summed E-state index contributed by atoms with van der Waals surface area (Å²) in [4.78, 5) is 0. The number of halogens is 5. The first-order valence-corrected chi connectivity index (χ1v) is 6.89. The van der Waals surface area contributed by atoms with Gasteiger partial charge >= 0.3 is 0 Å². The first-order valence-electron chi connectivity index (χ1n) is 5.18. The number of rotatable bonds is 3. The smallest absolute Gasteiger partial charge is 0.167 e. The van der Waals surface area contributed by atoms with Crippen LogP contribution in [0.25, 0.3) is 0 Å². The van der Waals surface area contributed by atoms with Gasteiger partial charge in [-0.1, -0.05) is 23.7 Å². The van der Waals surface area contributed by atoms with Crippen molar-refractivity contribution in [1.82, 2.24) is 0 Å². The maximum absolute atomic E-state index is 13.7. The standard InChI is InChI=1S/C13H7BrCl2F2O/c14-8-4-9(16)11(18)5-12(8)19-13-7(6-15)2-1-3-10(13)17/h1-5H,6H2. The molecule has 2 aromatic rings. The Kier molecular flexibility index (Phi) is 4.66. The van der Waals surface area contributed by atoms with Crippen LogP contribution in [0.15, 0.2) is 34.8 Å². The van der Waals surface area contributed by atoms with E-state index >= 15 is 0 Å². The average Bonchev–Trinajstić information content (AvgIpc) is 2.38. The maximum atomic E-state index is 13.7. The third-order valence-corrected chi connectivity index (χ3v) is 3.58. The molecule has 0 saturated heterocycles. The van der Waals surface area contributed by atoms with Gasteiger partial charge in [-0.3, -0.25) is 0 Å². The summed E-state index contributed by atoms with van der Waals surface area (Å²) in [6.45, 7) is 0. The fraction of sp³-hybridized carbons (Fsp3) is 0.0769. The molecule has 100 valence electrons. The lowest BCUT2D eigenvalue weighted by Crippen LogP contribution is -1.95. The third-order valence-electron chi connectivity index (χ3n) is 2.38. The van der Waals surface area contributed by atoms with Crippen LogP contribution in [0.1, 0.15) is 5.56 Å². The van der Waals surface area contributed by atoms with E-state index in [9.17, 15) is 8.78 Å². The Labute approximate surface area is 127 Å². The molecule has 0 bridgehead atoms. The molecule has 6 heteroatoms. The first-order chi connectivity index (χ1) is 9.02. The summed E-state index contributed by atoms with van der Waals surface area (Å²) < 4.78 is 32.9. The average molecular weight is 368 g/mol. The highest BCUT2D eigenvalue weighted by atomic mass is 79.9. The van der Waals surface area contributed by atoms with Crippen LogP contribution in [0.5, 0.6) is 11.5 Å². The molecule has 0 N–H and O–H groups in total. The lowest BCUT2D eigenvalue weighted by Gasteiger charge is -2.12. The monoisotopic (exact) mass is 366 g/mol. The molecule has 1 nitrogen and oxygen atoms in total. The van der Waals surface area contributed by atoms with Crippen LogP contribution in [0, 0.1) is 11.6 Å². The predicted molar refractivity (Wildman–Crippen MR) is 75.1 cm³/mol. The lowest BCUT2D eigenvalue weighted by atomic mass is 10.2. The molecular formula is C13H7BrCl2F2O. The molecule has 0 radical (unpaired) electrons. The second-order valence-electron chi connectivity index (χ2n) is 3.66. The number of ether oxygens (including phenoxy) is 1. The van der Waals surface area contributed by atoms with Crippen molar-refractivity contribution in [2.45, 2.75) is 5.88 Å². The van der Waals surface area contributed by atoms with Crippen LogP contribution < -0.4 is 4.74 Å². The fourth-order valence-corrected chi connectivity index (χ4v) is 2.40. The van der Waals surface area contributed by atoms with Crippen molar-refractivity contribution < 1.29 is 13.5 Å². The molecule has 0 fully saturated rings. The van der Waals surface area contributed by atoms with E-state index in [0.29, 0.717) is 10.0 Å². The minimum Gasteiger partial charge on any atom is -0.453 e. The van der Waals surface area contributed by atoms with Gasteiger partial charge in [-0.05, 0) is 28.1 Å². The molecule has 0 atom stereocenters. The van der Waals surface area contributed by atoms with Crippen molar-refractivity contribution in [1.29, 1.82) is 0 Å². The molecule has 0 heterocycles. The van der Waals surface area contributed by atoms with Crippen LogP contribution in [-0.4, -0.2) is 0 Å². The minimum atomic E-state index is -0.649. The van der Waals surface area contributed by atoms with Gasteiger partial charge in [0.25, 0.3) is 0 Å². The van der Waals surface area contributed by atoms with Crippen LogP contribution in [0.2, 0.25) is 5.02 Å². The summed E-state index contributed by atoms with van der Waals surface area (Å²) in [7, 11) is 0. The highest BCUT2D eigenvalue weighted by molar-refractivity contribution is 9.10. The number of hydrogen-bond donors (Lipinski definition) is 0. The van der Waals surface area contributed by atoms with Crippen molar-refractivity contribution in [2.75, 3.05) is 0 Å². The number of hydrogen-bond acceptors (Lipinski definition) is 1. The second kappa shape index (κ2) is 6.07. The number of para-hydroxylation sites is 1. The van der Waals surface area contributed by atoms with E-state index in [2.05, 4.69) is 15.9 Å². The SMILES string of the molecule is Fc1cc(Oc2c(F)cccc2CCl)c(Br)cc1Cl. The molecule has 0 aliphatic carbocycles. The fourth-order valence-electron chi connectivity index (χ4n) is 1.47. The maximum Gasteiger partial charge on any atom is 0.167 e. The van der Waals surface area contributed by atoms with Crippen molar-refractivity contribution in [3.63, 3.8) is 0 Å². The Morgan fingerprint density at radius 3 is 2.58 bits per heavy atom. The Morgan fingerprint density at radius 1 is 1.16 bits per heavy atom. The van der Waals surface area contributed by atoms with E-state index in [1.54, 1.807) is 6.07 Å². The van der Waals surface area contributed by atoms with Crippen LogP contribution >= 0.6 is 39.1 Å². The third kappa shape index (κ3) is 3.19. The zero-order valence-electron chi connectivity index (χ0n) is 9.39. The van der Waals surface area contributed by atoms with Crippen LogP contribution in [0.4, 0.5) is 8.78 Å². The zero-order chi connectivity index (χ0) is 14.0. The topological polar surface area (TPSA) is 9.23 Å². The van der Waals surface area contributed by atoms with E-state index in [4.69, 9.17) is 27.9 Å². The second-order valence-corrected chi connectivity index (χ2v) is 5.19. The Balaban J connectivity index is 2.44. The van der Waals surface area contributed by atoms with Crippen LogP contribution in [-0.2, 0) is 5.88 Å². The van der Waals surface area contributed by atoms with Gasteiger partial charge in [-0.2, -0.15) is 0 Å². The first kappa shape index (κ1) is 14.6. The summed E-state index contributed by atoms with van der Waals surface area (Å²) >= 11 is 14.5. The van der Waals surface area contributed by atoms with Gasteiger partial charge in [-0.25, -0.2) is 8.78 Å². The van der Waals surface area contributed by atoms with Crippen molar-refractivity contribution in [3.05, 3.63) is 57.0 Å². The van der Waals surface area contributed by atoms with Gasteiger partial charge in [0.05, 0.1) is 15.4 Å². The zero-order valence-corrected chi connectivity index (χ0v) is 12.5. The van der Waals surface area contributed by atoms with E-state index < -0.39 is 11.6 Å². The Bertz CT molecular complexity index is 620. The molecule has 0 spiro atoms.